The van der Waals surface area contributed by atoms with E-state index in [1.54, 1.807) is 0 Å². The van der Waals surface area contributed by atoms with Crippen LogP contribution >= 0.6 is 11.6 Å². The number of nitrogens with two attached hydrogens (primary N) is 1. The first kappa shape index (κ1) is 11.5. The van der Waals surface area contributed by atoms with Crippen molar-refractivity contribution in [3.63, 3.8) is 0 Å². The highest BCUT2D eigenvalue weighted by molar-refractivity contribution is 6.31. The monoisotopic (exact) mass is 237 g/mol. The third-order valence-corrected chi connectivity index (χ3v) is 3.09. The molecule has 2 N–H and O–H groups in total. The molecule has 0 saturated carbocycles. The number of halogens is 1. The molecule has 86 valence electrons. The second-order valence-electron chi connectivity index (χ2n) is 4.00. The summed E-state index contributed by atoms with van der Waals surface area (Å²) in [6, 6.07) is 7.71. The SMILES string of the molecule is NC(Cc1ccccc1Cl)C1=CCCCO1. The molecule has 16 heavy (non-hydrogen) atoms. The van der Waals surface area contributed by atoms with E-state index in [0.717, 1.165) is 42.2 Å². The van der Waals surface area contributed by atoms with Crippen molar-refractivity contribution in [3.05, 3.63) is 46.7 Å². The van der Waals surface area contributed by atoms with Crippen LogP contribution in [0.4, 0.5) is 0 Å². The first-order valence-corrected chi connectivity index (χ1v) is 5.97. The highest BCUT2D eigenvalue weighted by atomic mass is 35.5. The Morgan fingerprint density at radius 1 is 1.38 bits per heavy atom. The van der Waals surface area contributed by atoms with Crippen molar-refractivity contribution in [2.45, 2.75) is 25.3 Å². The van der Waals surface area contributed by atoms with Gasteiger partial charge in [0.2, 0.25) is 0 Å². The zero-order valence-electron chi connectivity index (χ0n) is 9.16. The number of allylic oxidation sites excluding steroid dienone is 1. The van der Waals surface area contributed by atoms with Crippen molar-refractivity contribution in [1.29, 1.82) is 0 Å². The zero-order chi connectivity index (χ0) is 11.4. The van der Waals surface area contributed by atoms with Gasteiger partial charge in [-0.15, -0.1) is 0 Å². The van der Waals surface area contributed by atoms with E-state index in [0.29, 0.717) is 0 Å². The standard InChI is InChI=1S/C13H16ClNO/c14-11-6-2-1-5-10(11)9-12(15)13-7-3-4-8-16-13/h1-2,5-7,12H,3-4,8-9,15H2. The van der Waals surface area contributed by atoms with Gasteiger partial charge < -0.3 is 10.5 Å². The molecule has 1 aliphatic rings. The van der Waals surface area contributed by atoms with E-state index in [1.807, 2.05) is 24.3 Å². The molecule has 1 atom stereocenters. The average molecular weight is 238 g/mol. The van der Waals surface area contributed by atoms with Crippen LogP contribution in [0, 0.1) is 0 Å². The smallest absolute Gasteiger partial charge is 0.109 e. The molecule has 0 spiro atoms. The van der Waals surface area contributed by atoms with Crippen LogP contribution in [0.25, 0.3) is 0 Å². The summed E-state index contributed by atoms with van der Waals surface area (Å²) in [7, 11) is 0. The molecule has 0 bridgehead atoms. The Balaban J connectivity index is 2.04. The van der Waals surface area contributed by atoms with Crippen LogP contribution in [0.5, 0.6) is 0 Å². The number of ether oxygens (including phenoxy) is 1. The summed E-state index contributed by atoms with van der Waals surface area (Å²) in [6.07, 6.45) is 4.96. The summed E-state index contributed by atoms with van der Waals surface area (Å²) in [4.78, 5) is 0. The van der Waals surface area contributed by atoms with E-state index in [-0.39, 0.29) is 6.04 Å². The fourth-order valence-electron chi connectivity index (χ4n) is 1.84. The predicted molar refractivity (Wildman–Crippen MR) is 66.4 cm³/mol. The molecular formula is C13H16ClNO. The van der Waals surface area contributed by atoms with E-state index < -0.39 is 0 Å². The minimum atomic E-state index is -0.0831. The van der Waals surface area contributed by atoms with Crippen LogP contribution in [0.15, 0.2) is 36.1 Å². The second-order valence-corrected chi connectivity index (χ2v) is 4.41. The van der Waals surface area contributed by atoms with Crippen molar-refractivity contribution >= 4 is 11.6 Å². The first-order chi connectivity index (χ1) is 7.77. The molecule has 1 aliphatic heterocycles. The van der Waals surface area contributed by atoms with Crippen LogP contribution < -0.4 is 5.73 Å². The van der Waals surface area contributed by atoms with Gasteiger partial charge >= 0.3 is 0 Å². The van der Waals surface area contributed by atoms with Crippen LogP contribution in [-0.4, -0.2) is 12.6 Å². The summed E-state index contributed by atoms with van der Waals surface area (Å²) >= 11 is 6.09. The van der Waals surface area contributed by atoms with Crippen LogP contribution in [0.1, 0.15) is 18.4 Å². The summed E-state index contributed by atoms with van der Waals surface area (Å²) in [5.74, 6) is 0.908. The van der Waals surface area contributed by atoms with E-state index in [1.165, 1.54) is 0 Å². The van der Waals surface area contributed by atoms with Crippen molar-refractivity contribution < 1.29 is 4.74 Å². The highest BCUT2D eigenvalue weighted by Crippen LogP contribution is 2.20. The third kappa shape index (κ3) is 2.77. The minimum Gasteiger partial charge on any atom is -0.497 e. The summed E-state index contributed by atoms with van der Waals surface area (Å²) in [5, 5.41) is 0.773. The maximum absolute atomic E-state index is 6.10. The Hall–Kier alpha value is -0.990. The van der Waals surface area contributed by atoms with Crippen molar-refractivity contribution in [3.8, 4) is 0 Å². The maximum Gasteiger partial charge on any atom is 0.109 e. The lowest BCUT2D eigenvalue weighted by atomic mass is 10.0. The van der Waals surface area contributed by atoms with Gasteiger partial charge in [0, 0.05) is 5.02 Å². The van der Waals surface area contributed by atoms with Crippen molar-refractivity contribution in [2.24, 2.45) is 5.73 Å². The number of rotatable bonds is 3. The lowest BCUT2D eigenvalue weighted by molar-refractivity contribution is 0.175. The highest BCUT2D eigenvalue weighted by Gasteiger charge is 2.15. The van der Waals surface area contributed by atoms with Gasteiger partial charge in [-0.1, -0.05) is 29.8 Å². The molecule has 1 aromatic carbocycles. The number of hydrogen-bond acceptors (Lipinski definition) is 2. The van der Waals surface area contributed by atoms with Crippen LogP contribution in [0.2, 0.25) is 5.02 Å². The van der Waals surface area contributed by atoms with Gasteiger partial charge in [0.25, 0.3) is 0 Å². The molecule has 1 aromatic rings. The topological polar surface area (TPSA) is 35.2 Å². The van der Waals surface area contributed by atoms with E-state index in [4.69, 9.17) is 22.1 Å². The first-order valence-electron chi connectivity index (χ1n) is 5.59. The lowest BCUT2D eigenvalue weighted by Gasteiger charge is -2.21. The van der Waals surface area contributed by atoms with Gasteiger partial charge in [0.15, 0.2) is 0 Å². The number of benzene rings is 1. The molecule has 2 nitrogen and oxygen atoms in total. The Labute approximate surface area is 101 Å². The quantitative estimate of drug-likeness (QED) is 0.878. The molecule has 0 saturated heterocycles. The molecule has 3 heteroatoms. The van der Waals surface area contributed by atoms with Crippen LogP contribution in [-0.2, 0) is 11.2 Å². The summed E-state index contributed by atoms with van der Waals surface area (Å²) in [6.45, 7) is 0.780. The average Bonchev–Trinajstić information content (AvgIpc) is 2.33. The fourth-order valence-corrected chi connectivity index (χ4v) is 2.05. The Kier molecular flexibility index (Phi) is 3.86. The van der Waals surface area contributed by atoms with Gasteiger partial charge in [-0.2, -0.15) is 0 Å². The van der Waals surface area contributed by atoms with Gasteiger partial charge in [0.05, 0.1) is 12.6 Å². The second kappa shape index (κ2) is 5.37. The van der Waals surface area contributed by atoms with Crippen LogP contribution in [0.3, 0.4) is 0 Å². The molecule has 0 fully saturated rings. The zero-order valence-corrected chi connectivity index (χ0v) is 9.91. The summed E-state index contributed by atoms with van der Waals surface area (Å²) in [5.41, 5.74) is 7.17. The van der Waals surface area contributed by atoms with Gasteiger partial charge in [-0.05, 0) is 37.0 Å². The molecule has 0 aromatic heterocycles. The van der Waals surface area contributed by atoms with Crippen molar-refractivity contribution in [1.82, 2.24) is 0 Å². The molecular weight excluding hydrogens is 222 g/mol. The van der Waals surface area contributed by atoms with Gasteiger partial charge in [0.1, 0.15) is 5.76 Å². The molecule has 0 aliphatic carbocycles. The molecule has 2 rings (SSSR count). The molecule has 1 unspecified atom stereocenters. The van der Waals surface area contributed by atoms with Gasteiger partial charge in [-0.25, -0.2) is 0 Å². The molecule has 1 heterocycles. The molecule has 0 radical (unpaired) electrons. The van der Waals surface area contributed by atoms with Gasteiger partial charge in [-0.3, -0.25) is 0 Å². The largest absolute Gasteiger partial charge is 0.497 e. The van der Waals surface area contributed by atoms with Crippen molar-refractivity contribution in [2.75, 3.05) is 6.61 Å². The Morgan fingerprint density at radius 2 is 2.19 bits per heavy atom. The van der Waals surface area contributed by atoms with E-state index in [2.05, 4.69) is 6.08 Å². The minimum absolute atomic E-state index is 0.0831. The van der Waals surface area contributed by atoms with E-state index in [9.17, 15) is 0 Å². The normalized spacial score (nSPS) is 17.5. The molecule has 0 amide bonds. The lowest BCUT2D eigenvalue weighted by Crippen LogP contribution is -2.28. The summed E-state index contributed by atoms with van der Waals surface area (Å²) < 4.78 is 5.54. The maximum atomic E-state index is 6.10. The predicted octanol–water partition coefficient (Wildman–Crippen LogP) is 2.90. The third-order valence-electron chi connectivity index (χ3n) is 2.73. The van der Waals surface area contributed by atoms with E-state index >= 15 is 0 Å². The fraction of sp³-hybridized carbons (Fsp3) is 0.385. The Bertz CT molecular complexity index is 389. The number of hydrogen-bond donors (Lipinski definition) is 1. The Morgan fingerprint density at radius 3 is 2.88 bits per heavy atom.